The molecule has 0 spiro atoms. The van der Waals surface area contributed by atoms with Gasteiger partial charge in [-0.15, -0.1) is 11.6 Å². The van der Waals surface area contributed by atoms with Gasteiger partial charge in [0.05, 0.1) is 0 Å². The summed E-state index contributed by atoms with van der Waals surface area (Å²) in [5, 5.41) is 0. The predicted molar refractivity (Wildman–Crippen MR) is 107 cm³/mol. The van der Waals surface area contributed by atoms with Crippen molar-refractivity contribution in [3.63, 3.8) is 0 Å². The van der Waals surface area contributed by atoms with Gasteiger partial charge in [0, 0.05) is 13.0 Å². The van der Waals surface area contributed by atoms with E-state index in [2.05, 4.69) is 101 Å². The Morgan fingerprint density at radius 1 is 0.850 bits per heavy atom. The summed E-state index contributed by atoms with van der Waals surface area (Å²) in [6.07, 6.45) is 2.20. The van der Waals surface area contributed by atoms with Gasteiger partial charge in [-0.1, -0.05) is 32.0 Å². The van der Waals surface area contributed by atoms with E-state index in [4.69, 9.17) is 11.6 Å². The Balaban J connectivity index is 0.000000204. The maximum atomic E-state index is 5.76. The van der Waals surface area contributed by atoms with Crippen LogP contribution in [0.25, 0.3) is 0 Å². The molecule has 0 heterocycles. The largest absolute Gasteiger partial charge is 0.122 e. The summed E-state index contributed by atoms with van der Waals surface area (Å²) in [6.45, 7) is 4.33. The van der Waals surface area contributed by atoms with Crippen LogP contribution >= 0.6 is 56.8 Å². The van der Waals surface area contributed by atoms with Gasteiger partial charge in [-0.05, 0) is 99.0 Å². The number of benzene rings is 2. The second-order valence-electron chi connectivity index (χ2n) is 4.38. The first-order chi connectivity index (χ1) is 9.60. The second kappa shape index (κ2) is 10.0. The third kappa shape index (κ3) is 6.31. The summed E-state index contributed by atoms with van der Waals surface area (Å²) in [6, 6.07) is 15.0. The molecule has 0 saturated carbocycles. The van der Waals surface area contributed by atoms with E-state index in [0.29, 0.717) is 5.88 Å². The Morgan fingerprint density at radius 3 is 2.05 bits per heavy atom. The van der Waals surface area contributed by atoms with Crippen LogP contribution in [-0.2, 0) is 18.7 Å². The highest BCUT2D eigenvalue weighted by molar-refractivity contribution is 14.1. The van der Waals surface area contributed by atoms with Gasteiger partial charge in [-0.3, -0.25) is 0 Å². The Bertz CT molecular complexity index is 538. The van der Waals surface area contributed by atoms with Crippen molar-refractivity contribution in [3.8, 4) is 0 Å². The van der Waals surface area contributed by atoms with Crippen molar-refractivity contribution >= 4 is 56.8 Å². The fraction of sp³-hybridized carbons (Fsp3) is 0.294. The number of hydrogen-bond donors (Lipinski definition) is 0. The zero-order chi connectivity index (χ0) is 15.0. The third-order valence-electron chi connectivity index (χ3n) is 2.99. The third-order valence-corrected chi connectivity index (χ3v) is 4.62. The molecule has 0 aliphatic carbocycles. The molecule has 0 amide bonds. The van der Waals surface area contributed by atoms with Crippen molar-refractivity contribution in [1.82, 2.24) is 0 Å². The summed E-state index contributed by atoms with van der Waals surface area (Å²) in [5.74, 6) is 0.625. The van der Waals surface area contributed by atoms with Gasteiger partial charge >= 0.3 is 0 Å². The Labute approximate surface area is 154 Å². The Kier molecular flexibility index (Phi) is 9.13. The molecule has 0 fully saturated rings. The highest BCUT2D eigenvalue weighted by Gasteiger charge is 1.98. The molecule has 0 bridgehead atoms. The first-order valence-electron chi connectivity index (χ1n) is 6.68. The lowest BCUT2D eigenvalue weighted by atomic mass is 10.1. The minimum atomic E-state index is 0.625. The van der Waals surface area contributed by atoms with E-state index >= 15 is 0 Å². The van der Waals surface area contributed by atoms with Gasteiger partial charge in [0.2, 0.25) is 0 Å². The summed E-state index contributed by atoms with van der Waals surface area (Å²) in [7, 11) is 0. The van der Waals surface area contributed by atoms with Crippen LogP contribution in [0.3, 0.4) is 0 Å². The second-order valence-corrected chi connectivity index (χ2v) is 7.14. The maximum Gasteiger partial charge on any atom is 0.0476 e. The van der Waals surface area contributed by atoms with Gasteiger partial charge in [0.15, 0.2) is 0 Å². The highest BCUT2D eigenvalue weighted by Crippen LogP contribution is 2.16. The van der Waals surface area contributed by atoms with E-state index in [9.17, 15) is 0 Å². The number of alkyl halides is 1. The molecular weight excluding hydrogens is 493 g/mol. The number of rotatable bonds is 3. The van der Waals surface area contributed by atoms with E-state index in [1.807, 2.05) is 0 Å². The van der Waals surface area contributed by atoms with Gasteiger partial charge in [-0.25, -0.2) is 0 Å². The van der Waals surface area contributed by atoms with Gasteiger partial charge < -0.3 is 0 Å². The van der Waals surface area contributed by atoms with Crippen molar-refractivity contribution in [2.24, 2.45) is 0 Å². The fourth-order valence-electron chi connectivity index (χ4n) is 1.81. The summed E-state index contributed by atoms with van der Waals surface area (Å²) in [5.41, 5.74) is 4.04. The normalized spacial score (nSPS) is 9.85. The smallest absolute Gasteiger partial charge is 0.0476 e. The molecule has 2 aromatic rings. The molecule has 2 aromatic carbocycles. The predicted octanol–water partition coefficient (Wildman–Crippen LogP) is 6.45. The zero-order valence-corrected chi connectivity index (χ0v) is 16.9. The van der Waals surface area contributed by atoms with E-state index in [0.717, 1.165) is 12.8 Å². The van der Waals surface area contributed by atoms with E-state index in [-0.39, 0.29) is 0 Å². The average Bonchev–Trinajstić information content (AvgIpc) is 2.47. The molecule has 0 atom stereocenters. The summed E-state index contributed by atoms with van der Waals surface area (Å²) in [4.78, 5) is 0. The minimum absolute atomic E-state index is 0.625. The van der Waals surface area contributed by atoms with Crippen molar-refractivity contribution in [3.05, 3.63) is 66.3 Å². The molecule has 0 saturated heterocycles. The maximum absolute atomic E-state index is 5.76. The SMILES string of the molecule is CCc1cc(I)ccc1CCl.CCc1cccc(I)c1. The van der Waals surface area contributed by atoms with Crippen LogP contribution in [0.5, 0.6) is 0 Å². The first kappa shape index (κ1) is 18.2. The number of aryl methyl sites for hydroxylation is 2. The minimum Gasteiger partial charge on any atom is -0.122 e. The van der Waals surface area contributed by atoms with Crippen LogP contribution in [0.2, 0.25) is 0 Å². The lowest BCUT2D eigenvalue weighted by Gasteiger charge is -2.03. The summed E-state index contributed by atoms with van der Waals surface area (Å²) < 4.78 is 2.61. The van der Waals surface area contributed by atoms with Crippen LogP contribution in [-0.4, -0.2) is 0 Å². The number of hydrogen-bond acceptors (Lipinski definition) is 0. The molecule has 2 rings (SSSR count). The van der Waals surface area contributed by atoms with Crippen molar-refractivity contribution in [1.29, 1.82) is 0 Å². The molecule has 0 nitrogen and oxygen atoms in total. The topological polar surface area (TPSA) is 0 Å². The standard InChI is InChI=1S/C9H10ClI.C8H9I/c1-2-7-5-9(11)4-3-8(7)6-10;1-2-7-4-3-5-8(9)6-7/h3-5H,2,6H2,1H3;3-6H,2H2,1H3. The molecule has 3 heteroatoms. The van der Waals surface area contributed by atoms with E-state index in [1.165, 1.54) is 23.8 Å². The van der Waals surface area contributed by atoms with Crippen molar-refractivity contribution < 1.29 is 0 Å². The Hall–Kier alpha value is 0.190. The van der Waals surface area contributed by atoms with Gasteiger partial charge in [0.25, 0.3) is 0 Å². The molecule has 108 valence electrons. The van der Waals surface area contributed by atoms with Crippen LogP contribution in [0.1, 0.15) is 30.5 Å². The van der Waals surface area contributed by atoms with Crippen molar-refractivity contribution in [2.45, 2.75) is 32.6 Å². The van der Waals surface area contributed by atoms with Crippen LogP contribution in [0, 0.1) is 7.14 Å². The van der Waals surface area contributed by atoms with Gasteiger partial charge in [-0.2, -0.15) is 0 Å². The summed E-state index contributed by atoms with van der Waals surface area (Å²) >= 11 is 10.4. The van der Waals surface area contributed by atoms with Crippen molar-refractivity contribution in [2.75, 3.05) is 0 Å². The molecule has 0 aromatic heterocycles. The monoisotopic (exact) mass is 512 g/mol. The Morgan fingerprint density at radius 2 is 1.55 bits per heavy atom. The van der Waals surface area contributed by atoms with Crippen LogP contribution in [0.4, 0.5) is 0 Å². The van der Waals surface area contributed by atoms with Gasteiger partial charge in [0.1, 0.15) is 0 Å². The fourth-order valence-corrected chi connectivity index (χ4v) is 3.23. The average molecular weight is 513 g/mol. The molecule has 20 heavy (non-hydrogen) atoms. The molecule has 0 aliphatic heterocycles. The molecule has 0 radical (unpaired) electrons. The van der Waals surface area contributed by atoms with E-state index in [1.54, 1.807) is 0 Å². The molecule has 0 aliphatic rings. The highest BCUT2D eigenvalue weighted by atomic mass is 127. The molecule has 0 unspecified atom stereocenters. The van der Waals surface area contributed by atoms with Crippen LogP contribution in [0.15, 0.2) is 42.5 Å². The lowest BCUT2D eigenvalue weighted by molar-refractivity contribution is 1.10. The zero-order valence-electron chi connectivity index (χ0n) is 11.8. The quantitative estimate of drug-likeness (QED) is 0.328. The molecular formula is C17H19ClI2. The molecule has 0 N–H and O–H groups in total. The lowest BCUT2D eigenvalue weighted by Crippen LogP contribution is -1.89. The van der Waals surface area contributed by atoms with Crippen LogP contribution < -0.4 is 0 Å². The first-order valence-corrected chi connectivity index (χ1v) is 9.37. The van der Waals surface area contributed by atoms with E-state index < -0.39 is 0 Å². The number of halogens is 3.